The Morgan fingerprint density at radius 1 is 1.10 bits per heavy atom. The highest BCUT2D eigenvalue weighted by Crippen LogP contribution is 2.17. The number of nitrogens with two attached hydrogens (primary N) is 1. The molecule has 0 aromatic heterocycles. The van der Waals surface area contributed by atoms with Crippen LogP contribution in [0.25, 0.3) is 0 Å². The van der Waals surface area contributed by atoms with E-state index in [2.05, 4.69) is 20.1 Å². The van der Waals surface area contributed by atoms with Gasteiger partial charge < -0.3 is 20.9 Å². The second kappa shape index (κ2) is 10.1. The van der Waals surface area contributed by atoms with Gasteiger partial charge in [0.15, 0.2) is 5.96 Å². The standard InChI is InChI=1S/C23H30FN5O/c1-3-17(2)27-22(30)19-6-4-18(5-7-19)16-26-23(25)29-14-12-28(13-15-29)21-10-8-20(24)9-11-21/h4-11,17H,3,12-16H2,1-2H3,(H2,25,26)(H,27,30). The van der Waals surface area contributed by atoms with Gasteiger partial charge in [0.25, 0.3) is 5.91 Å². The molecule has 1 amide bonds. The number of anilines is 1. The van der Waals surface area contributed by atoms with E-state index >= 15 is 0 Å². The largest absolute Gasteiger partial charge is 0.370 e. The van der Waals surface area contributed by atoms with Crippen molar-refractivity contribution in [2.45, 2.75) is 32.9 Å². The number of carbonyl (C=O) groups is 1. The number of carbonyl (C=O) groups excluding carboxylic acids is 1. The minimum atomic E-state index is -0.224. The summed E-state index contributed by atoms with van der Waals surface area (Å²) < 4.78 is 13.1. The van der Waals surface area contributed by atoms with Crippen LogP contribution < -0.4 is 16.0 Å². The molecule has 1 fully saturated rings. The molecule has 3 rings (SSSR count). The number of aliphatic imine (C=N–C) groups is 1. The molecule has 3 N–H and O–H groups in total. The molecule has 160 valence electrons. The molecule has 1 heterocycles. The first-order valence-electron chi connectivity index (χ1n) is 10.4. The maximum absolute atomic E-state index is 13.1. The highest BCUT2D eigenvalue weighted by atomic mass is 19.1. The molecule has 0 spiro atoms. The molecule has 30 heavy (non-hydrogen) atoms. The van der Waals surface area contributed by atoms with E-state index in [0.717, 1.165) is 43.9 Å². The van der Waals surface area contributed by atoms with Crippen LogP contribution in [0.4, 0.5) is 10.1 Å². The van der Waals surface area contributed by atoms with Crippen LogP contribution in [0.5, 0.6) is 0 Å². The predicted molar refractivity (Wildman–Crippen MR) is 119 cm³/mol. The van der Waals surface area contributed by atoms with Crippen molar-refractivity contribution in [3.63, 3.8) is 0 Å². The normalized spacial score (nSPS) is 15.8. The summed E-state index contributed by atoms with van der Waals surface area (Å²) in [5, 5.41) is 2.96. The zero-order chi connectivity index (χ0) is 21.5. The van der Waals surface area contributed by atoms with E-state index in [-0.39, 0.29) is 17.8 Å². The van der Waals surface area contributed by atoms with Gasteiger partial charge in [0, 0.05) is 43.5 Å². The topological polar surface area (TPSA) is 74.0 Å². The van der Waals surface area contributed by atoms with Crippen molar-refractivity contribution in [2.75, 3.05) is 31.1 Å². The number of amides is 1. The van der Waals surface area contributed by atoms with Crippen LogP contribution in [0.1, 0.15) is 36.2 Å². The SMILES string of the molecule is CCC(C)NC(=O)c1ccc(CN=C(N)N2CCN(c3ccc(F)cc3)CC2)cc1. The Balaban J connectivity index is 1.50. The van der Waals surface area contributed by atoms with E-state index in [1.807, 2.05) is 38.1 Å². The van der Waals surface area contributed by atoms with E-state index < -0.39 is 0 Å². The zero-order valence-electron chi connectivity index (χ0n) is 17.6. The third kappa shape index (κ3) is 5.72. The highest BCUT2D eigenvalue weighted by molar-refractivity contribution is 5.94. The number of nitrogens with zero attached hydrogens (tertiary/aromatic N) is 3. The lowest BCUT2D eigenvalue weighted by molar-refractivity contribution is 0.0939. The Hall–Kier alpha value is -3.09. The Labute approximate surface area is 177 Å². The fourth-order valence-corrected chi connectivity index (χ4v) is 3.29. The molecule has 1 aliphatic rings. The fourth-order valence-electron chi connectivity index (χ4n) is 3.29. The molecule has 2 aromatic rings. The van der Waals surface area contributed by atoms with Gasteiger partial charge in [-0.1, -0.05) is 19.1 Å². The van der Waals surface area contributed by atoms with Crippen LogP contribution >= 0.6 is 0 Å². The summed E-state index contributed by atoms with van der Waals surface area (Å²) >= 11 is 0. The maximum Gasteiger partial charge on any atom is 0.251 e. The summed E-state index contributed by atoms with van der Waals surface area (Å²) in [6.45, 7) is 7.65. The number of nitrogens with one attached hydrogen (secondary N) is 1. The Bertz CT molecular complexity index is 858. The summed E-state index contributed by atoms with van der Waals surface area (Å²) in [5.41, 5.74) is 8.86. The number of benzene rings is 2. The van der Waals surface area contributed by atoms with E-state index in [0.29, 0.717) is 18.1 Å². The second-order valence-electron chi connectivity index (χ2n) is 7.60. The van der Waals surface area contributed by atoms with Crippen LogP contribution in [0.15, 0.2) is 53.5 Å². The van der Waals surface area contributed by atoms with Crippen LogP contribution in [0.2, 0.25) is 0 Å². The number of hydrogen-bond donors (Lipinski definition) is 2. The van der Waals surface area contributed by atoms with Gasteiger partial charge in [0.1, 0.15) is 5.82 Å². The summed E-state index contributed by atoms with van der Waals surface area (Å²) in [7, 11) is 0. The number of rotatable bonds is 6. The zero-order valence-corrected chi connectivity index (χ0v) is 17.6. The van der Waals surface area contributed by atoms with Gasteiger partial charge in [-0.3, -0.25) is 4.79 Å². The molecule has 1 atom stereocenters. The van der Waals surface area contributed by atoms with Crippen molar-refractivity contribution in [3.8, 4) is 0 Å². The molecular formula is C23H30FN5O. The lowest BCUT2D eigenvalue weighted by Crippen LogP contribution is -2.51. The smallest absolute Gasteiger partial charge is 0.251 e. The molecule has 1 saturated heterocycles. The van der Waals surface area contributed by atoms with E-state index in [4.69, 9.17) is 5.73 Å². The molecule has 0 saturated carbocycles. The second-order valence-corrected chi connectivity index (χ2v) is 7.60. The van der Waals surface area contributed by atoms with Crippen molar-refractivity contribution in [1.82, 2.24) is 10.2 Å². The lowest BCUT2D eigenvalue weighted by Gasteiger charge is -2.36. The first-order valence-corrected chi connectivity index (χ1v) is 10.4. The van der Waals surface area contributed by atoms with E-state index in [9.17, 15) is 9.18 Å². The molecule has 0 aliphatic carbocycles. The number of halogens is 1. The maximum atomic E-state index is 13.1. The average Bonchev–Trinajstić information content (AvgIpc) is 2.78. The molecule has 0 bridgehead atoms. The van der Waals surface area contributed by atoms with Gasteiger partial charge in [-0.2, -0.15) is 0 Å². The monoisotopic (exact) mass is 411 g/mol. The first kappa shape index (κ1) is 21.6. The van der Waals surface area contributed by atoms with Crippen molar-refractivity contribution in [2.24, 2.45) is 10.7 Å². The van der Waals surface area contributed by atoms with Crippen molar-refractivity contribution >= 4 is 17.6 Å². The Morgan fingerprint density at radius 3 is 2.33 bits per heavy atom. The number of guanidine groups is 1. The van der Waals surface area contributed by atoms with Crippen LogP contribution in [0, 0.1) is 5.82 Å². The molecule has 1 unspecified atom stereocenters. The molecule has 7 heteroatoms. The van der Waals surface area contributed by atoms with Crippen molar-refractivity contribution in [3.05, 3.63) is 65.5 Å². The van der Waals surface area contributed by atoms with Crippen molar-refractivity contribution in [1.29, 1.82) is 0 Å². The van der Waals surface area contributed by atoms with Gasteiger partial charge in [0.05, 0.1) is 6.54 Å². The quantitative estimate of drug-likeness (QED) is 0.566. The summed E-state index contributed by atoms with van der Waals surface area (Å²) in [4.78, 5) is 20.9. The highest BCUT2D eigenvalue weighted by Gasteiger charge is 2.18. The summed E-state index contributed by atoms with van der Waals surface area (Å²) in [6.07, 6.45) is 0.899. The summed E-state index contributed by atoms with van der Waals surface area (Å²) in [5.74, 6) is 0.239. The van der Waals surface area contributed by atoms with Gasteiger partial charge in [-0.05, 0) is 55.3 Å². The number of hydrogen-bond acceptors (Lipinski definition) is 3. The number of piperazine rings is 1. The third-order valence-corrected chi connectivity index (χ3v) is 5.43. The molecule has 0 radical (unpaired) electrons. The van der Waals surface area contributed by atoms with Gasteiger partial charge in [-0.15, -0.1) is 0 Å². The molecular weight excluding hydrogens is 381 g/mol. The third-order valence-electron chi connectivity index (χ3n) is 5.43. The van der Waals surface area contributed by atoms with Crippen LogP contribution in [-0.4, -0.2) is 49.0 Å². The Morgan fingerprint density at radius 2 is 1.73 bits per heavy atom. The fraction of sp³-hybridized carbons (Fsp3) is 0.391. The molecule has 2 aromatic carbocycles. The summed E-state index contributed by atoms with van der Waals surface area (Å²) in [6, 6.07) is 14.2. The molecule has 6 nitrogen and oxygen atoms in total. The average molecular weight is 412 g/mol. The van der Waals surface area contributed by atoms with E-state index in [1.54, 1.807) is 12.1 Å². The Kier molecular flexibility index (Phi) is 7.27. The van der Waals surface area contributed by atoms with Gasteiger partial charge >= 0.3 is 0 Å². The van der Waals surface area contributed by atoms with Gasteiger partial charge in [0.2, 0.25) is 0 Å². The van der Waals surface area contributed by atoms with Crippen molar-refractivity contribution < 1.29 is 9.18 Å². The lowest BCUT2D eigenvalue weighted by atomic mass is 10.1. The van der Waals surface area contributed by atoms with Crippen LogP contribution in [-0.2, 0) is 6.54 Å². The predicted octanol–water partition coefficient (Wildman–Crippen LogP) is 2.99. The van der Waals surface area contributed by atoms with Crippen LogP contribution in [0.3, 0.4) is 0 Å². The van der Waals surface area contributed by atoms with Gasteiger partial charge in [-0.25, -0.2) is 9.38 Å². The molecule has 1 aliphatic heterocycles. The minimum Gasteiger partial charge on any atom is -0.370 e. The minimum absolute atomic E-state index is 0.0575. The first-order chi connectivity index (χ1) is 14.5. The van der Waals surface area contributed by atoms with E-state index in [1.165, 1.54) is 12.1 Å².